The van der Waals surface area contributed by atoms with Crippen LogP contribution >= 0.6 is 0 Å². The highest BCUT2D eigenvalue weighted by atomic mass is 19.1. The highest BCUT2D eigenvalue weighted by Gasteiger charge is 2.19. The minimum Gasteiger partial charge on any atom is -0.245 e. The first-order valence-corrected chi connectivity index (χ1v) is 8.25. The van der Waals surface area contributed by atoms with Crippen LogP contribution in [0.2, 0.25) is 5.82 Å². The van der Waals surface area contributed by atoms with Gasteiger partial charge in [-0.05, 0) is 43.9 Å². The van der Waals surface area contributed by atoms with Crippen LogP contribution in [0.3, 0.4) is 0 Å². The second-order valence-electron chi connectivity index (χ2n) is 6.33. The van der Waals surface area contributed by atoms with E-state index in [1.54, 1.807) is 24.3 Å². The molecule has 0 spiro atoms. The molecule has 2 rings (SSSR count). The summed E-state index contributed by atoms with van der Waals surface area (Å²) in [6, 6.07) is 6.86. The third kappa shape index (κ3) is 5.41. The summed E-state index contributed by atoms with van der Waals surface area (Å²) in [5.74, 6) is 5.35. The monoisotopic (exact) mass is 320 g/mol. The SMILES string of the molecule is [B]c1ccc(C#C/C(CF)=C(F)/C=C(\C)C2CCC([B])CC2)cc1. The van der Waals surface area contributed by atoms with E-state index in [0.29, 0.717) is 16.9 Å². The lowest BCUT2D eigenvalue weighted by Gasteiger charge is -2.27. The molecule has 0 atom stereocenters. The summed E-state index contributed by atoms with van der Waals surface area (Å²) in [5, 5.41) is 0. The zero-order valence-electron chi connectivity index (χ0n) is 14.0. The lowest BCUT2D eigenvalue weighted by atomic mass is 9.70. The molecule has 0 saturated heterocycles. The first-order valence-electron chi connectivity index (χ1n) is 8.25. The average Bonchev–Trinajstić information content (AvgIpc) is 2.57. The summed E-state index contributed by atoms with van der Waals surface area (Å²) in [4.78, 5) is 0. The Kier molecular flexibility index (Phi) is 6.91. The zero-order chi connectivity index (χ0) is 17.5. The molecule has 1 aromatic rings. The molecule has 120 valence electrons. The van der Waals surface area contributed by atoms with Crippen molar-refractivity contribution in [1.82, 2.24) is 0 Å². The summed E-state index contributed by atoms with van der Waals surface area (Å²) < 4.78 is 27.5. The van der Waals surface area contributed by atoms with Crippen LogP contribution < -0.4 is 5.46 Å². The topological polar surface area (TPSA) is 0 Å². The highest BCUT2D eigenvalue weighted by molar-refractivity contribution is 6.32. The van der Waals surface area contributed by atoms with Crippen molar-refractivity contribution >= 4 is 21.2 Å². The van der Waals surface area contributed by atoms with Gasteiger partial charge >= 0.3 is 0 Å². The van der Waals surface area contributed by atoms with Crippen molar-refractivity contribution in [2.45, 2.75) is 38.4 Å². The summed E-state index contributed by atoms with van der Waals surface area (Å²) in [6.45, 7) is 0.970. The molecule has 0 nitrogen and oxygen atoms in total. The maximum absolute atomic E-state index is 14.3. The maximum atomic E-state index is 14.3. The molecule has 1 aliphatic carbocycles. The molecule has 4 heteroatoms. The molecule has 0 bridgehead atoms. The van der Waals surface area contributed by atoms with Crippen molar-refractivity contribution < 1.29 is 8.78 Å². The van der Waals surface area contributed by atoms with Gasteiger partial charge < -0.3 is 0 Å². The molecule has 0 amide bonds. The smallest absolute Gasteiger partial charge is 0.137 e. The minimum atomic E-state index is -0.923. The lowest BCUT2D eigenvalue weighted by Crippen LogP contribution is -2.12. The van der Waals surface area contributed by atoms with Crippen molar-refractivity contribution in [3.05, 3.63) is 52.9 Å². The van der Waals surface area contributed by atoms with Crippen molar-refractivity contribution in [3.63, 3.8) is 0 Å². The Hall–Kier alpha value is -1.75. The Morgan fingerprint density at radius 3 is 2.42 bits per heavy atom. The Labute approximate surface area is 146 Å². The summed E-state index contributed by atoms with van der Waals surface area (Å²) in [5.41, 5.74) is 2.10. The van der Waals surface area contributed by atoms with E-state index in [-0.39, 0.29) is 11.4 Å². The molecule has 0 N–H and O–H groups in total. The van der Waals surface area contributed by atoms with Crippen LogP contribution in [0.1, 0.15) is 38.2 Å². The van der Waals surface area contributed by atoms with Crippen LogP contribution in [0.5, 0.6) is 0 Å². The first kappa shape index (κ1) is 18.6. The van der Waals surface area contributed by atoms with E-state index < -0.39 is 12.5 Å². The highest BCUT2D eigenvalue weighted by Crippen LogP contribution is 2.35. The van der Waals surface area contributed by atoms with Crippen molar-refractivity contribution in [2.75, 3.05) is 6.67 Å². The molecule has 1 aromatic carbocycles. The van der Waals surface area contributed by atoms with Crippen LogP contribution in [0.4, 0.5) is 8.78 Å². The number of rotatable bonds is 3. The minimum absolute atomic E-state index is 0.126. The van der Waals surface area contributed by atoms with E-state index in [1.165, 1.54) is 6.08 Å². The van der Waals surface area contributed by atoms with Gasteiger partial charge in [-0.1, -0.05) is 53.7 Å². The van der Waals surface area contributed by atoms with E-state index in [1.807, 2.05) is 6.92 Å². The second-order valence-corrected chi connectivity index (χ2v) is 6.33. The van der Waals surface area contributed by atoms with Gasteiger partial charge in [0.25, 0.3) is 0 Å². The van der Waals surface area contributed by atoms with Crippen LogP contribution in [0.15, 0.2) is 47.3 Å². The average molecular weight is 320 g/mol. The van der Waals surface area contributed by atoms with Crippen LogP contribution in [-0.4, -0.2) is 22.4 Å². The van der Waals surface area contributed by atoms with Crippen LogP contribution in [0.25, 0.3) is 0 Å². The Morgan fingerprint density at radius 1 is 1.21 bits per heavy atom. The van der Waals surface area contributed by atoms with Gasteiger partial charge in [-0.15, -0.1) is 0 Å². The largest absolute Gasteiger partial charge is 0.245 e. The number of benzene rings is 1. The van der Waals surface area contributed by atoms with Gasteiger partial charge in [-0.3, -0.25) is 0 Å². The van der Waals surface area contributed by atoms with E-state index in [9.17, 15) is 8.78 Å². The van der Waals surface area contributed by atoms with Crippen LogP contribution in [-0.2, 0) is 0 Å². The Morgan fingerprint density at radius 2 is 1.83 bits per heavy atom. The molecular weight excluding hydrogens is 300 g/mol. The van der Waals surface area contributed by atoms with Crippen LogP contribution in [0, 0.1) is 17.8 Å². The molecule has 24 heavy (non-hydrogen) atoms. The van der Waals surface area contributed by atoms with E-state index in [4.69, 9.17) is 15.7 Å². The van der Waals surface area contributed by atoms with Gasteiger partial charge in [0.2, 0.25) is 0 Å². The molecule has 1 saturated carbocycles. The van der Waals surface area contributed by atoms with Gasteiger partial charge in [0.15, 0.2) is 0 Å². The lowest BCUT2D eigenvalue weighted by molar-refractivity contribution is 0.402. The molecule has 4 radical (unpaired) electrons. The predicted molar refractivity (Wildman–Crippen MR) is 98.0 cm³/mol. The quantitative estimate of drug-likeness (QED) is 0.446. The number of allylic oxidation sites excluding steroid dienone is 4. The van der Waals surface area contributed by atoms with Gasteiger partial charge in [0.05, 0.1) is 13.4 Å². The fraction of sp³-hybridized carbons (Fsp3) is 0.400. The molecule has 0 heterocycles. The molecule has 0 aromatic heterocycles. The van der Waals surface area contributed by atoms with Gasteiger partial charge in [-0.2, -0.15) is 0 Å². The van der Waals surface area contributed by atoms with Gasteiger partial charge in [0, 0.05) is 5.56 Å². The molecule has 1 fully saturated rings. The first-order chi connectivity index (χ1) is 11.5. The number of alkyl halides is 1. The Balaban J connectivity index is 2.14. The Bertz CT molecular complexity index is 670. The molecule has 1 aliphatic rings. The molecular formula is C20H20B2F2. The van der Waals surface area contributed by atoms with E-state index >= 15 is 0 Å². The van der Waals surface area contributed by atoms with E-state index in [2.05, 4.69) is 11.8 Å². The van der Waals surface area contributed by atoms with Crippen molar-refractivity contribution in [3.8, 4) is 11.8 Å². The fourth-order valence-electron chi connectivity index (χ4n) is 2.85. The number of halogens is 2. The summed E-state index contributed by atoms with van der Waals surface area (Å²) >= 11 is 0. The normalized spacial score (nSPS) is 22.4. The van der Waals surface area contributed by atoms with Crippen molar-refractivity contribution in [1.29, 1.82) is 0 Å². The third-order valence-electron chi connectivity index (χ3n) is 4.46. The van der Waals surface area contributed by atoms with Crippen molar-refractivity contribution in [2.24, 2.45) is 5.92 Å². The van der Waals surface area contributed by atoms with Gasteiger partial charge in [0.1, 0.15) is 20.3 Å². The predicted octanol–water partition coefficient (Wildman–Crippen LogP) is 4.12. The fourth-order valence-corrected chi connectivity index (χ4v) is 2.85. The number of hydrogen-bond donors (Lipinski definition) is 0. The maximum Gasteiger partial charge on any atom is 0.137 e. The summed E-state index contributed by atoms with van der Waals surface area (Å²) in [7, 11) is 11.5. The summed E-state index contributed by atoms with van der Waals surface area (Å²) in [6.07, 6.45) is 5.24. The number of hydrogen-bond acceptors (Lipinski definition) is 0. The molecule has 0 unspecified atom stereocenters. The standard InChI is InChI=1S/C20H20B2F2/c1-14(16-6-10-19(22)11-7-16)12-20(24)17(13-23)5-2-15-3-8-18(21)9-4-15/h3-4,8-9,12,16,19H,6-7,10-11,13H2,1H3/b14-12+,20-17+. The zero-order valence-corrected chi connectivity index (χ0v) is 14.0. The van der Waals surface area contributed by atoms with E-state index in [0.717, 1.165) is 31.3 Å². The van der Waals surface area contributed by atoms with Gasteiger partial charge in [-0.25, -0.2) is 8.78 Å². The molecule has 0 aliphatic heterocycles. The third-order valence-corrected chi connectivity index (χ3v) is 4.46. The second kappa shape index (κ2) is 8.92.